The van der Waals surface area contributed by atoms with Gasteiger partial charge in [-0.15, -0.1) is 0 Å². The van der Waals surface area contributed by atoms with E-state index in [9.17, 15) is 14.7 Å². The maximum atomic E-state index is 13.6. The smallest absolute Gasteiger partial charge is 0.407 e. The first-order valence-corrected chi connectivity index (χ1v) is 13.8. The van der Waals surface area contributed by atoms with Gasteiger partial charge in [0.1, 0.15) is 0 Å². The lowest BCUT2D eigenvalue weighted by molar-refractivity contribution is -0.171. The molecule has 7 nitrogen and oxygen atoms in total. The van der Waals surface area contributed by atoms with Gasteiger partial charge >= 0.3 is 12.1 Å². The van der Waals surface area contributed by atoms with Gasteiger partial charge in [-0.1, -0.05) is 48.0 Å². The van der Waals surface area contributed by atoms with Gasteiger partial charge in [-0.3, -0.25) is 4.98 Å². The Hall–Kier alpha value is -3.71. The Morgan fingerprint density at radius 2 is 1.57 bits per heavy atom. The fraction of sp³-hybridized carbons (Fsp3) is 0.424. The predicted octanol–water partition coefficient (Wildman–Crippen LogP) is 7.18. The van der Waals surface area contributed by atoms with Crippen LogP contribution in [0.15, 0.2) is 42.5 Å². The van der Waals surface area contributed by atoms with Crippen molar-refractivity contribution < 1.29 is 24.2 Å². The highest BCUT2D eigenvalue weighted by molar-refractivity contribution is 5.91. The molecule has 2 heterocycles. The minimum atomic E-state index is -0.979. The monoisotopic (exact) mass is 544 g/mol. The SMILES string of the molecule is Cc1ccc(-c2c(-c3ccc4c(c3)CCN(C(=O)O)C4)c(C)nc(C)c2C(OC(C)(C)C)C(=O)OC(C)C)cc1. The number of nitrogens with zero attached hydrogens (tertiary/aromatic N) is 2. The van der Waals surface area contributed by atoms with Crippen molar-refractivity contribution in [1.29, 1.82) is 0 Å². The minimum absolute atomic E-state index is 0.300. The summed E-state index contributed by atoms with van der Waals surface area (Å²) < 4.78 is 12.1. The zero-order valence-electron chi connectivity index (χ0n) is 24.8. The van der Waals surface area contributed by atoms with Crippen molar-refractivity contribution in [1.82, 2.24) is 9.88 Å². The molecule has 212 valence electrons. The van der Waals surface area contributed by atoms with Crippen LogP contribution >= 0.6 is 0 Å². The quantitative estimate of drug-likeness (QED) is 0.331. The van der Waals surface area contributed by atoms with Gasteiger partial charge in [-0.2, -0.15) is 0 Å². The largest absolute Gasteiger partial charge is 0.465 e. The number of hydrogen-bond acceptors (Lipinski definition) is 5. The summed E-state index contributed by atoms with van der Waals surface area (Å²) in [6, 6.07) is 14.4. The number of carbonyl (C=O) groups is 2. The van der Waals surface area contributed by atoms with Gasteiger partial charge in [0, 0.05) is 35.6 Å². The van der Waals surface area contributed by atoms with Crippen LogP contribution in [0.4, 0.5) is 4.79 Å². The van der Waals surface area contributed by atoms with Crippen LogP contribution in [-0.2, 0) is 27.2 Å². The van der Waals surface area contributed by atoms with E-state index in [4.69, 9.17) is 14.5 Å². The average Bonchev–Trinajstić information content (AvgIpc) is 2.86. The van der Waals surface area contributed by atoms with Crippen molar-refractivity contribution in [3.8, 4) is 22.3 Å². The molecule has 1 aliphatic heterocycles. The molecule has 3 aromatic rings. The van der Waals surface area contributed by atoms with Crippen molar-refractivity contribution >= 4 is 12.1 Å². The van der Waals surface area contributed by atoms with Crippen molar-refractivity contribution in [3.05, 3.63) is 76.1 Å². The third-order valence-corrected chi connectivity index (χ3v) is 7.02. The standard InChI is InChI=1S/C33H40N2O5/c1-19(2)39-31(36)30(40-33(6,7)8)28-22(5)34-21(4)27(29(28)23-11-9-20(3)10-12-23)25-13-14-26-18-35(32(37)38)16-15-24(26)17-25/h9-14,17,19,30H,15-16,18H2,1-8H3,(H,37,38). The molecule has 7 heteroatoms. The number of pyridine rings is 1. The molecule has 4 rings (SSSR count). The molecule has 1 aliphatic rings. The molecule has 2 aromatic carbocycles. The molecule has 1 aromatic heterocycles. The molecule has 1 atom stereocenters. The summed E-state index contributed by atoms with van der Waals surface area (Å²) in [6.07, 6.45) is -1.55. The fourth-order valence-corrected chi connectivity index (χ4v) is 5.30. The normalized spacial score (nSPS) is 14.2. The number of benzene rings is 2. The Kier molecular flexibility index (Phi) is 8.36. The highest BCUT2D eigenvalue weighted by Crippen LogP contribution is 2.43. The van der Waals surface area contributed by atoms with Crippen LogP contribution in [0.5, 0.6) is 0 Å². The number of fused-ring (bicyclic) bond motifs is 1. The fourth-order valence-electron chi connectivity index (χ4n) is 5.30. The summed E-state index contributed by atoms with van der Waals surface area (Å²) in [4.78, 5) is 31.5. The zero-order chi connectivity index (χ0) is 29.4. The van der Waals surface area contributed by atoms with Gasteiger partial charge in [-0.05, 0) is 89.6 Å². The molecular formula is C33H40N2O5. The van der Waals surface area contributed by atoms with E-state index in [0.717, 1.165) is 44.6 Å². The number of aryl methyl sites for hydroxylation is 3. The first-order valence-electron chi connectivity index (χ1n) is 13.8. The number of aromatic nitrogens is 1. The molecule has 0 aliphatic carbocycles. The molecule has 0 bridgehead atoms. The van der Waals surface area contributed by atoms with Gasteiger partial charge in [0.2, 0.25) is 0 Å². The molecular weight excluding hydrogens is 504 g/mol. The molecule has 1 amide bonds. The van der Waals surface area contributed by atoms with Gasteiger partial charge in [0.25, 0.3) is 0 Å². The van der Waals surface area contributed by atoms with Crippen molar-refractivity contribution in [2.45, 2.75) is 86.2 Å². The van der Waals surface area contributed by atoms with Crippen molar-refractivity contribution in [2.24, 2.45) is 0 Å². The first kappa shape index (κ1) is 29.3. The molecule has 0 spiro atoms. The maximum Gasteiger partial charge on any atom is 0.407 e. The van der Waals surface area contributed by atoms with E-state index in [0.29, 0.717) is 30.8 Å². The number of esters is 1. The number of ether oxygens (including phenoxy) is 2. The zero-order valence-corrected chi connectivity index (χ0v) is 24.8. The van der Waals surface area contributed by atoms with Gasteiger partial charge in [0.15, 0.2) is 6.10 Å². The number of hydrogen-bond donors (Lipinski definition) is 1. The van der Waals surface area contributed by atoms with Crippen LogP contribution in [0.2, 0.25) is 0 Å². The summed E-state index contributed by atoms with van der Waals surface area (Å²) in [5.74, 6) is -0.447. The number of carboxylic acid groups (broad SMARTS) is 1. The molecule has 0 radical (unpaired) electrons. The lowest BCUT2D eigenvalue weighted by atomic mass is 9.85. The Morgan fingerprint density at radius 3 is 2.17 bits per heavy atom. The van der Waals surface area contributed by atoms with Crippen LogP contribution in [0.3, 0.4) is 0 Å². The van der Waals surface area contributed by atoms with E-state index in [1.54, 1.807) is 0 Å². The number of amides is 1. The molecule has 0 saturated carbocycles. The minimum Gasteiger partial charge on any atom is -0.465 e. The van der Waals surface area contributed by atoms with Crippen molar-refractivity contribution in [2.75, 3.05) is 6.54 Å². The van der Waals surface area contributed by atoms with Crippen molar-refractivity contribution in [3.63, 3.8) is 0 Å². The third kappa shape index (κ3) is 6.36. The molecule has 1 N–H and O–H groups in total. The second-order valence-electron chi connectivity index (χ2n) is 11.8. The highest BCUT2D eigenvalue weighted by Gasteiger charge is 2.35. The van der Waals surface area contributed by atoms with Crippen LogP contribution in [0, 0.1) is 20.8 Å². The van der Waals surface area contributed by atoms with E-state index in [2.05, 4.69) is 30.3 Å². The third-order valence-electron chi connectivity index (χ3n) is 7.02. The summed E-state index contributed by atoms with van der Waals surface area (Å²) in [5, 5.41) is 9.47. The Bertz CT molecular complexity index is 1420. The van der Waals surface area contributed by atoms with E-state index in [1.807, 2.05) is 67.5 Å². The van der Waals surface area contributed by atoms with Gasteiger partial charge in [-0.25, -0.2) is 9.59 Å². The predicted molar refractivity (Wildman–Crippen MR) is 156 cm³/mol. The topological polar surface area (TPSA) is 89.0 Å². The van der Waals surface area contributed by atoms with E-state index in [-0.39, 0.29) is 6.10 Å². The van der Waals surface area contributed by atoms with E-state index in [1.165, 1.54) is 4.90 Å². The maximum absolute atomic E-state index is 13.6. The van der Waals surface area contributed by atoms with E-state index < -0.39 is 23.8 Å². The summed E-state index contributed by atoms with van der Waals surface area (Å²) in [5.41, 5.74) is 8.62. The van der Waals surface area contributed by atoms with Gasteiger partial charge < -0.3 is 19.5 Å². The van der Waals surface area contributed by atoms with Gasteiger partial charge in [0.05, 0.1) is 11.7 Å². The molecule has 0 fully saturated rings. The number of carbonyl (C=O) groups excluding carboxylic acids is 1. The summed E-state index contributed by atoms with van der Waals surface area (Å²) in [7, 11) is 0. The van der Waals surface area contributed by atoms with Crippen LogP contribution in [-0.4, -0.2) is 45.3 Å². The lowest BCUT2D eigenvalue weighted by Gasteiger charge is -2.31. The Labute approximate surface area is 237 Å². The van der Waals surface area contributed by atoms with Crippen LogP contribution in [0.1, 0.15) is 74.4 Å². The first-order chi connectivity index (χ1) is 18.7. The summed E-state index contributed by atoms with van der Waals surface area (Å²) >= 11 is 0. The van der Waals surface area contributed by atoms with E-state index >= 15 is 0 Å². The highest BCUT2D eigenvalue weighted by atomic mass is 16.6. The Morgan fingerprint density at radius 1 is 0.925 bits per heavy atom. The summed E-state index contributed by atoms with van der Waals surface area (Å²) in [6.45, 7) is 16.2. The second kappa shape index (κ2) is 11.4. The number of rotatable bonds is 6. The lowest BCUT2D eigenvalue weighted by Crippen LogP contribution is -2.34. The second-order valence-corrected chi connectivity index (χ2v) is 11.8. The average molecular weight is 545 g/mol. The molecule has 40 heavy (non-hydrogen) atoms. The van der Waals surface area contributed by atoms with Crippen LogP contribution < -0.4 is 0 Å². The van der Waals surface area contributed by atoms with Crippen LogP contribution in [0.25, 0.3) is 22.3 Å². The molecule has 0 saturated heterocycles. The Balaban J connectivity index is 1.99. The molecule has 1 unspecified atom stereocenters.